The average molecular weight is 352 g/mol. The summed E-state index contributed by atoms with van der Waals surface area (Å²) in [5.74, 6) is 1.53. The van der Waals surface area contributed by atoms with Crippen LogP contribution in [0.2, 0.25) is 0 Å². The first kappa shape index (κ1) is 16.9. The fourth-order valence-corrected chi connectivity index (χ4v) is 3.90. The molecule has 1 saturated heterocycles. The van der Waals surface area contributed by atoms with Gasteiger partial charge in [-0.1, -0.05) is 6.07 Å². The van der Waals surface area contributed by atoms with E-state index < -0.39 is 5.41 Å². The third-order valence-electron chi connectivity index (χ3n) is 5.35. The highest BCUT2D eigenvalue weighted by Gasteiger charge is 2.43. The van der Waals surface area contributed by atoms with Crippen LogP contribution in [0.5, 0.6) is 0 Å². The minimum atomic E-state index is -0.475. The van der Waals surface area contributed by atoms with Crippen molar-refractivity contribution >= 4 is 11.8 Å². The number of carbonyl (C=O) groups excluding carboxylic acids is 1. The van der Waals surface area contributed by atoms with E-state index in [1.54, 1.807) is 6.20 Å². The van der Waals surface area contributed by atoms with Gasteiger partial charge in [0.15, 0.2) is 5.82 Å². The molecule has 136 valence electrons. The maximum atomic E-state index is 12.4. The van der Waals surface area contributed by atoms with Crippen LogP contribution in [0.1, 0.15) is 37.9 Å². The molecule has 2 aliphatic rings. The van der Waals surface area contributed by atoms with Crippen molar-refractivity contribution in [2.75, 3.05) is 24.6 Å². The Morgan fingerprint density at radius 3 is 2.96 bits per heavy atom. The average Bonchev–Trinajstić information content (AvgIpc) is 3.29. The summed E-state index contributed by atoms with van der Waals surface area (Å²) in [6, 6.07) is 5.78. The molecule has 3 heterocycles. The first-order valence-electron chi connectivity index (χ1n) is 9.34. The fourth-order valence-electron chi connectivity index (χ4n) is 3.90. The van der Waals surface area contributed by atoms with Gasteiger partial charge in [-0.25, -0.2) is 9.97 Å². The van der Waals surface area contributed by atoms with Gasteiger partial charge in [0.1, 0.15) is 11.5 Å². The van der Waals surface area contributed by atoms with Crippen molar-refractivity contribution in [2.45, 2.75) is 39.5 Å². The highest BCUT2D eigenvalue weighted by atomic mass is 16.5. The third kappa shape index (κ3) is 2.93. The van der Waals surface area contributed by atoms with Gasteiger partial charge in [0.2, 0.25) is 0 Å². The predicted octanol–water partition coefficient (Wildman–Crippen LogP) is 2.81. The van der Waals surface area contributed by atoms with Crippen LogP contribution in [-0.2, 0) is 22.4 Å². The predicted molar refractivity (Wildman–Crippen MR) is 98.9 cm³/mol. The SMILES string of the molecule is CCOC(=O)C1(C)CCN(c2nc(-c3ccccn3)nc3c2CCC3)C1. The Kier molecular flexibility index (Phi) is 4.34. The number of aryl methyl sites for hydroxylation is 1. The highest BCUT2D eigenvalue weighted by Crippen LogP contribution is 2.38. The van der Waals surface area contributed by atoms with Crippen LogP contribution in [0.15, 0.2) is 24.4 Å². The van der Waals surface area contributed by atoms with E-state index in [1.807, 2.05) is 32.0 Å². The summed E-state index contributed by atoms with van der Waals surface area (Å²) in [7, 11) is 0. The molecule has 0 saturated carbocycles. The molecule has 6 heteroatoms. The molecule has 1 aliphatic heterocycles. The summed E-state index contributed by atoms with van der Waals surface area (Å²) in [6.07, 6.45) is 5.63. The van der Waals surface area contributed by atoms with Crippen molar-refractivity contribution < 1.29 is 9.53 Å². The molecule has 0 spiro atoms. The number of ether oxygens (including phenoxy) is 1. The minimum Gasteiger partial charge on any atom is -0.466 e. The Morgan fingerprint density at radius 1 is 1.31 bits per heavy atom. The van der Waals surface area contributed by atoms with Gasteiger partial charge in [0.25, 0.3) is 0 Å². The first-order valence-corrected chi connectivity index (χ1v) is 9.34. The van der Waals surface area contributed by atoms with Crippen LogP contribution >= 0.6 is 0 Å². The maximum Gasteiger partial charge on any atom is 0.313 e. The summed E-state index contributed by atoms with van der Waals surface area (Å²) >= 11 is 0. The zero-order valence-electron chi connectivity index (χ0n) is 15.4. The Bertz CT molecular complexity index is 824. The molecule has 0 N–H and O–H groups in total. The van der Waals surface area contributed by atoms with E-state index in [9.17, 15) is 4.79 Å². The molecular weight excluding hydrogens is 328 g/mol. The van der Waals surface area contributed by atoms with Gasteiger partial charge in [0, 0.05) is 30.5 Å². The lowest BCUT2D eigenvalue weighted by Crippen LogP contribution is -2.34. The number of aromatic nitrogens is 3. The zero-order valence-corrected chi connectivity index (χ0v) is 15.4. The fraction of sp³-hybridized carbons (Fsp3) is 0.500. The van der Waals surface area contributed by atoms with Gasteiger partial charge in [-0.2, -0.15) is 0 Å². The normalized spacial score (nSPS) is 21.7. The molecule has 1 fully saturated rings. The minimum absolute atomic E-state index is 0.113. The lowest BCUT2D eigenvalue weighted by Gasteiger charge is -2.24. The summed E-state index contributed by atoms with van der Waals surface area (Å²) in [5, 5.41) is 0. The molecule has 26 heavy (non-hydrogen) atoms. The van der Waals surface area contributed by atoms with Crippen LogP contribution in [0.25, 0.3) is 11.5 Å². The van der Waals surface area contributed by atoms with Gasteiger partial charge in [-0.15, -0.1) is 0 Å². The smallest absolute Gasteiger partial charge is 0.313 e. The second-order valence-corrected chi connectivity index (χ2v) is 7.32. The highest BCUT2D eigenvalue weighted by molar-refractivity contribution is 5.78. The molecule has 2 aromatic heterocycles. The number of pyridine rings is 1. The van der Waals surface area contributed by atoms with E-state index in [2.05, 4.69) is 9.88 Å². The van der Waals surface area contributed by atoms with E-state index in [0.717, 1.165) is 49.4 Å². The Balaban J connectivity index is 1.69. The van der Waals surface area contributed by atoms with E-state index in [4.69, 9.17) is 14.7 Å². The monoisotopic (exact) mass is 352 g/mol. The molecule has 4 rings (SSSR count). The first-order chi connectivity index (χ1) is 12.6. The molecule has 1 atom stereocenters. The van der Waals surface area contributed by atoms with Crippen molar-refractivity contribution in [3.8, 4) is 11.5 Å². The largest absolute Gasteiger partial charge is 0.466 e. The van der Waals surface area contributed by atoms with E-state index in [-0.39, 0.29) is 5.97 Å². The number of nitrogens with zero attached hydrogens (tertiary/aromatic N) is 4. The van der Waals surface area contributed by atoms with Crippen molar-refractivity contribution in [1.29, 1.82) is 0 Å². The Labute approximate surface area is 153 Å². The van der Waals surface area contributed by atoms with Crippen molar-refractivity contribution in [3.63, 3.8) is 0 Å². The zero-order chi connectivity index (χ0) is 18.1. The summed E-state index contributed by atoms with van der Waals surface area (Å²) < 4.78 is 5.29. The molecule has 0 amide bonds. The van der Waals surface area contributed by atoms with Crippen LogP contribution in [0.3, 0.4) is 0 Å². The number of carbonyl (C=O) groups is 1. The molecule has 0 aromatic carbocycles. The second kappa shape index (κ2) is 6.67. The number of hydrogen-bond acceptors (Lipinski definition) is 6. The summed E-state index contributed by atoms with van der Waals surface area (Å²) in [4.78, 5) is 28.6. The van der Waals surface area contributed by atoms with E-state index in [0.29, 0.717) is 19.0 Å². The van der Waals surface area contributed by atoms with Gasteiger partial charge >= 0.3 is 5.97 Å². The molecule has 2 aromatic rings. The third-order valence-corrected chi connectivity index (χ3v) is 5.35. The number of rotatable bonds is 4. The number of esters is 1. The van der Waals surface area contributed by atoms with Gasteiger partial charge in [0.05, 0.1) is 12.0 Å². The molecule has 0 bridgehead atoms. The van der Waals surface area contributed by atoms with E-state index >= 15 is 0 Å². The number of hydrogen-bond donors (Lipinski definition) is 0. The van der Waals surface area contributed by atoms with Crippen LogP contribution < -0.4 is 4.90 Å². The lowest BCUT2D eigenvalue weighted by molar-refractivity contribution is -0.153. The number of fused-ring (bicyclic) bond motifs is 1. The van der Waals surface area contributed by atoms with Crippen molar-refractivity contribution in [1.82, 2.24) is 15.0 Å². The van der Waals surface area contributed by atoms with Gasteiger partial charge in [-0.05, 0) is 51.7 Å². The van der Waals surface area contributed by atoms with Crippen LogP contribution in [0.4, 0.5) is 5.82 Å². The molecular formula is C20H24N4O2. The quantitative estimate of drug-likeness (QED) is 0.788. The van der Waals surface area contributed by atoms with Crippen molar-refractivity contribution in [2.24, 2.45) is 5.41 Å². The van der Waals surface area contributed by atoms with Crippen LogP contribution in [-0.4, -0.2) is 40.6 Å². The number of anilines is 1. The molecule has 1 aliphatic carbocycles. The van der Waals surface area contributed by atoms with Gasteiger partial charge in [-0.3, -0.25) is 9.78 Å². The standard InChI is InChI=1S/C20H24N4O2/c1-3-26-19(25)20(2)10-12-24(13-20)18-14-7-6-9-15(14)22-17(23-18)16-8-4-5-11-21-16/h4-5,8,11H,3,6-7,9-10,12-13H2,1-2H3. The topological polar surface area (TPSA) is 68.2 Å². The van der Waals surface area contributed by atoms with Gasteiger partial charge < -0.3 is 9.64 Å². The second-order valence-electron chi connectivity index (χ2n) is 7.32. The van der Waals surface area contributed by atoms with Crippen molar-refractivity contribution in [3.05, 3.63) is 35.7 Å². The summed E-state index contributed by atoms with van der Waals surface area (Å²) in [5.41, 5.74) is 2.67. The lowest BCUT2D eigenvalue weighted by atomic mass is 9.90. The summed E-state index contributed by atoms with van der Waals surface area (Å²) in [6.45, 7) is 5.70. The van der Waals surface area contributed by atoms with Crippen LogP contribution in [0, 0.1) is 5.41 Å². The van der Waals surface area contributed by atoms with E-state index in [1.165, 1.54) is 5.56 Å². The molecule has 1 unspecified atom stereocenters. The Hall–Kier alpha value is -2.50. The maximum absolute atomic E-state index is 12.4. The molecule has 0 radical (unpaired) electrons. The molecule has 6 nitrogen and oxygen atoms in total. The Morgan fingerprint density at radius 2 is 2.19 bits per heavy atom.